The van der Waals surface area contributed by atoms with Gasteiger partial charge in [-0.1, -0.05) is 62.9 Å². The lowest BCUT2D eigenvalue weighted by molar-refractivity contribution is 0.0697. The van der Waals surface area contributed by atoms with E-state index in [1.807, 2.05) is 18.7 Å². The number of aromatic carboxylic acids is 1. The number of carboxylic acid groups (broad SMARTS) is 1. The minimum Gasteiger partial charge on any atom is -0.478 e. The number of hydrogen-bond acceptors (Lipinski definition) is 3. The number of nitrogens with one attached hydrogen (secondary N) is 2. The van der Waals surface area contributed by atoms with Gasteiger partial charge in [0.2, 0.25) is 0 Å². The number of carbonyl (C=O) groups excluding carboxylic acids is 1. The first-order valence-electron chi connectivity index (χ1n) is 13.1. The molecule has 1 fully saturated rings. The summed E-state index contributed by atoms with van der Waals surface area (Å²) in [6.45, 7) is 4.66. The quantitative estimate of drug-likeness (QED) is 0.260. The maximum Gasteiger partial charge on any atom is 0.336 e. The maximum absolute atomic E-state index is 16.1. The zero-order chi connectivity index (χ0) is 28.1. The lowest BCUT2D eigenvalue weighted by atomic mass is 9.92. The SMILES string of the molecule is CC(C)CN(c1c(F)cc(-c2ccccc2C(=O)O)cc1NC(=O)Nc1ccc(Cl)cc1F)C1CCCCC1. The van der Waals surface area contributed by atoms with Crippen molar-refractivity contribution in [2.24, 2.45) is 5.92 Å². The van der Waals surface area contributed by atoms with Gasteiger partial charge in [-0.05, 0) is 66.3 Å². The number of urea groups is 1. The molecule has 3 aromatic carbocycles. The van der Waals surface area contributed by atoms with Crippen molar-refractivity contribution in [2.45, 2.75) is 52.0 Å². The molecule has 6 nitrogen and oxygen atoms in total. The predicted molar refractivity (Wildman–Crippen MR) is 152 cm³/mol. The van der Waals surface area contributed by atoms with Crippen LogP contribution >= 0.6 is 11.6 Å². The van der Waals surface area contributed by atoms with Crippen LogP contribution in [0, 0.1) is 17.6 Å². The van der Waals surface area contributed by atoms with Gasteiger partial charge in [0, 0.05) is 17.6 Å². The number of nitrogens with zero attached hydrogens (tertiary/aromatic N) is 1. The monoisotopic (exact) mass is 555 g/mol. The number of rotatable bonds is 8. The number of carboxylic acids is 1. The number of anilines is 3. The summed E-state index contributed by atoms with van der Waals surface area (Å²) in [5.74, 6) is -2.23. The van der Waals surface area contributed by atoms with E-state index in [1.54, 1.807) is 24.3 Å². The zero-order valence-corrected chi connectivity index (χ0v) is 22.7. The van der Waals surface area contributed by atoms with E-state index in [0.29, 0.717) is 17.7 Å². The molecule has 9 heteroatoms. The number of amides is 2. The Labute approximate surface area is 232 Å². The highest BCUT2D eigenvalue weighted by atomic mass is 35.5. The van der Waals surface area contributed by atoms with E-state index in [4.69, 9.17) is 11.6 Å². The molecule has 3 aromatic rings. The fourth-order valence-corrected chi connectivity index (χ4v) is 5.30. The number of carbonyl (C=O) groups is 2. The van der Waals surface area contributed by atoms with Crippen LogP contribution in [0.5, 0.6) is 0 Å². The molecule has 0 saturated heterocycles. The van der Waals surface area contributed by atoms with Crippen molar-refractivity contribution in [3.05, 3.63) is 76.8 Å². The van der Waals surface area contributed by atoms with Crippen LogP contribution in [0.2, 0.25) is 5.02 Å². The van der Waals surface area contributed by atoms with Crippen molar-refractivity contribution < 1.29 is 23.5 Å². The molecule has 0 unspecified atom stereocenters. The number of halogens is 3. The number of hydrogen-bond donors (Lipinski definition) is 3. The summed E-state index contributed by atoms with van der Waals surface area (Å²) in [6, 6.07) is 12.4. The highest BCUT2D eigenvalue weighted by Crippen LogP contribution is 2.39. The summed E-state index contributed by atoms with van der Waals surface area (Å²) in [5.41, 5.74) is 0.945. The fourth-order valence-electron chi connectivity index (χ4n) is 5.14. The lowest BCUT2D eigenvalue weighted by Crippen LogP contribution is -2.40. The fraction of sp³-hybridized carbons (Fsp3) is 0.333. The average molecular weight is 556 g/mol. The predicted octanol–water partition coefficient (Wildman–Crippen LogP) is 8.42. The van der Waals surface area contributed by atoms with E-state index < -0.39 is 23.6 Å². The molecule has 0 spiro atoms. The minimum atomic E-state index is -1.15. The van der Waals surface area contributed by atoms with Crippen LogP contribution in [-0.4, -0.2) is 29.7 Å². The van der Waals surface area contributed by atoms with Gasteiger partial charge in [-0.25, -0.2) is 18.4 Å². The molecule has 39 heavy (non-hydrogen) atoms. The summed E-state index contributed by atoms with van der Waals surface area (Å²) in [5, 5.41) is 15.1. The van der Waals surface area contributed by atoms with Crippen LogP contribution in [0.3, 0.4) is 0 Å². The van der Waals surface area contributed by atoms with Crippen molar-refractivity contribution >= 4 is 40.7 Å². The second-order valence-electron chi connectivity index (χ2n) is 10.2. The van der Waals surface area contributed by atoms with Crippen molar-refractivity contribution in [3.8, 4) is 11.1 Å². The first-order valence-corrected chi connectivity index (χ1v) is 13.5. The van der Waals surface area contributed by atoms with Gasteiger partial charge in [0.15, 0.2) is 0 Å². The van der Waals surface area contributed by atoms with Gasteiger partial charge in [0.05, 0.1) is 22.6 Å². The smallest absolute Gasteiger partial charge is 0.336 e. The van der Waals surface area contributed by atoms with Crippen LogP contribution in [0.1, 0.15) is 56.3 Å². The number of benzene rings is 3. The van der Waals surface area contributed by atoms with Crippen LogP contribution in [0.25, 0.3) is 11.1 Å². The first kappa shape index (κ1) is 28.4. The van der Waals surface area contributed by atoms with Crippen LogP contribution in [0.4, 0.5) is 30.6 Å². The van der Waals surface area contributed by atoms with Gasteiger partial charge in [0.25, 0.3) is 0 Å². The molecule has 2 amide bonds. The summed E-state index contributed by atoms with van der Waals surface area (Å²) < 4.78 is 30.5. The summed E-state index contributed by atoms with van der Waals surface area (Å²) in [6.07, 6.45) is 4.99. The molecule has 0 radical (unpaired) electrons. The van der Waals surface area contributed by atoms with Crippen LogP contribution in [0.15, 0.2) is 54.6 Å². The Morgan fingerprint density at radius 1 is 0.974 bits per heavy atom. The van der Waals surface area contributed by atoms with Crippen molar-refractivity contribution in [3.63, 3.8) is 0 Å². The van der Waals surface area contributed by atoms with E-state index in [0.717, 1.165) is 38.2 Å². The highest BCUT2D eigenvalue weighted by Gasteiger charge is 2.28. The van der Waals surface area contributed by atoms with E-state index in [9.17, 15) is 19.1 Å². The molecule has 1 saturated carbocycles. The molecule has 1 aliphatic rings. The molecule has 0 aliphatic heterocycles. The second kappa shape index (κ2) is 12.5. The lowest BCUT2D eigenvalue weighted by Gasteiger charge is -2.38. The Morgan fingerprint density at radius 3 is 2.33 bits per heavy atom. The van der Waals surface area contributed by atoms with Crippen LogP contribution < -0.4 is 15.5 Å². The van der Waals surface area contributed by atoms with Gasteiger partial charge in [-0.3, -0.25) is 0 Å². The highest BCUT2D eigenvalue weighted by molar-refractivity contribution is 6.30. The molecule has 0 heterocycles. The van der Waals surface area contributed by atoms with E-state index in [2.05, 4.69) is 10.6 Å². The molecule has 3 N–H and O–H groups in total. The summed E-state index contributed by atoms with van der Waals surface area (Å²) >= 11 is 5.82. The Hall–Kier alpha value is -3.65. The molecule has 0 bridgehead atoms. The van der Waals surface area contributed by atoms with Gasteiger partial charge in [0.1, 0.15) is 11.6 Å². The summed E-state index contributed by atoms with van der Waals surface area (Å²) in [4.78, 5) is 27.0. The van der Waals surface area contributed by atoms with Gasteiger partial charge in [-0.15, -0.1) is 0 Å². The van der Waals surface area contributed by atoms with Crippen molar-refractivity contribution in [2.75, 3.05) is 22.1 Å². The van der Waals surface area contributed by atoms with Gasteiger partial charge < -0.3 is 20.6 Å². The summed E-state index contributed by atoms with van der Waals surface area (Å²) in [7, 11) is 0. The average Bonchev–Trinajstić information content (AvgIpc) is 2.89. The third-order valence-electron chi connectivity index (χ3n) is 6.82. The van der Waals surface area contributed by atoms with Crippen LogP contribution in [-0.2, 0) is 0 Å². The zero-order valence-electron chi connectivity index (χ0n) is 21.9. The molecular weight excluding hydrogens is 524 g/mol. The molecule has 0 atom stereocenters. The Morgan fingerprint density at radius 2 is 1.67 bits per heavy atom. The molecule has 0 aromatic heterocycles. The Balaban J connectivity index is 1.80. The van der Waals surface area contributed by atoms with E-state index in [-0.39, 0.29) is 39.6 Å². The van der Waals surface area contributed by atoms with Crippen molar-refractivity contribution in [1.82, 2.24) is 0 Å². The van der Waals surface area contributed by atoms with Gasteiger partial charge >= 0.3 is 12.0 Å². The second-order valence-corrected chi connectivity index (χ2v) is 10.7. The first-order chi connectivity index (χ1) is 18.6. The minimum absolute atomic E-state index is 0.00889. The molecular formula is C30H32ClF2N3O3. The van der Waals surface area contributed by atoms with E-state index in [1.165, 1.54) is 24.3 Å². The standard InChI is InChI=1S/C30H32ClF2N3O3/c1-18(2)17-36(21-8-4-3-5-9-21)28-25(33)14-19(22-10-6-7-11-23(22)29(37)38)15-27(28)35-30(39)34-26-13-12-20(31)16-24(26)32/h6-7,10-16,18,21H,3-5,8-9,17H2,1-2H3,(H,37,38)(H2,34,35,39). The molecule has 1 aliphatic carbocycles. The Bertz CT molecular complexity index is 1360. The van der Waals surface area contributed by atoms with Gasteiger partial charge in [-0.2, -0.15) is 0 Å². The Kier molecular flexibility index (Phi) is 9.07. The molecule has 4 rings (SSSR count). The largest absolute Gasteiger partial charge is 0.478 e. The van der Waals surface area contributed by atoms with Crippen molar-refractivity contribution in [1.29, 1.82) is 0 Å². The molecule has 206 valence electrons. The maximum atomic E-state index is 16.1. The third kappa shape index (κ3) is 6.87. The van der Waals surface area contributed by atoms with E-state index >= 15 is 4.39 Å². The topological polar surface area (TPSA) is 81.7 Å². The third-order valence-corrected chi connectivity index (χ3v) is 7.06. The normalized spacial score (nSPS) is 13.8.